The van der Waals surface area contributed by atoms with Gasteiger partial charge in [0.1, 0.15) is 17.9 Å². The summed E-state index contributed by atoms with van der Waals surface area (Å²) in [5, 5.41) is 19.7. The zero-order chi connectivity index (χ0) is 13.7. The number of aromatic hydroxyl groups is 2. The third-order valence-corrected chi connectivity index (χ3v) is 2.26. The molecule has 0 aliphatic carbocycles. The van der Waals surface area contributed by atoms with Crippen LogP contribution in [0.25, 0.3) is 0 Å². The molecule has 2 N–H and O–H groups in total. The molecule has 0 aromatic heterocycles. The molecule has 0 aliphatic rings. The van der Waals surface area contributed by atoms with E-state index in [0.717, 1.165) is 0 Å². The van der Waals surface area contributed by atoms with E-state index in [0.29, 0.717) is 6.61 Å². The maximum absolute atomic E-state index is 11.7. The third-order valence-electron chi connectivity index (χ3n) is 2.26. The van der Waals surface area contributed by atoms with Gasteiger partial charge in [0.05, 0.1) is 13.7 Å². The fourth-order valence-electron chi connectivity index (χ4n) is 1.55. The predicted octanol–water partition coefficient (Wildman–Crippen LogP) is 1.33. The summed E-state index contributed by atoms with van der Waals surface area (Å²) in [5.74, 6) is -1.21. The summed E-state index contributed by atoms with van der Waals surface area (Å²) in [4.78, 5) is 11.7. The fourth-order valence-corrected chi connectivity index (χ4v) is 1.55. The van der Waals surface area contributed by atoms with Crippen LogP contribution < -0.4 is 9.47 Å². The molecule has 18 heavy (non-hydrogen) atoms. The summed E-state index contributed by atoms with van der Waals surface area (Å²) in [6, 6.07) is 1.17. The van der Waals surface area contributed by atoms with Crippen molar-refractivity contribution < 1.29 is 29.2 Å². The highest BCUT2D eigenvalue weighted by Crippen LogP contribution is 2.44. The summed E-state index contributed by atoms with van der Waals surface area (Å²) in [7, 11) is 2.64. The van der Waals surface area contributed by atoms with Crippen LogP contribution in [0.3, 0.4) is 0 Å². The first-order chi connectivity index (χ1) is 8.56. The summed E-state index contributed by atoms with van der Waals surface area (Å²) >= 11 is 0. The van der Waals surface area contributed by atoms with E-state index in [9.17, 15) is 15.0 Å². The molecule has 6 nitrogen and oxygen atoms in total. The highest BCUT2D eigenvalue weighted by atomic mass is 16.5. The Hall–Kier alpha value is -1.95. The molecule has 1 aromatic rings. The second-order valence-electron chi connectivity index (χ2n) is 3.44. The van der Waals surface area contributed by atoms with Crippen LogP contribution in [0.15, 0.2) is 6.07 Å². The van der Waals surface area contributed by atoms with Gasteiger partial charge in [-0.3, -0.25) is 4.79 Å². The molecule has 0 spiro atoms. The SMILES string of the molecule is CCOc1cc(O)c(C(=O)COC)c(OC)c1O. The van der Waals surface area contributed by atoms with Crippen molar-refractivity contribution in [2.75, 3.05) is 27.4 Å². The van der Waals surface area contributed by atoms with E-state index in [1.165, 1.54) is 20.3 Å². The van der Waals surface area contributed by atoms with Gasteiger partial charge in [-0.05, 0) is 6.92 Å². The molecule has 0 bridgehead atoms. The van der Waals surface area contributed by atoms with Crippen molar-refractivity contribution in [1.29, 1.82) is 0 Å². The minimum atomic E-state index is -0.495. The quantitative estimate of drug-likeness (QED) is 0.590. The van der Waals surface area contributed by atoms with E-state index in [1.54, 1.807) is 6.92 Å². The van der Waals surface area contributed by atoms with Crippen LogP contribution in [0.1, 0.15) is 17.3 Å². The van der Waals surface area contributed by atoms with Gasteiger partial charge in [-0.1, -0.05) is 0 Å². The molecule has 100 valence electrons. The zero-order valence-corrected chi connectivity index (χ0v) is 10.5. The average Bonchev–Trinajstić information content (AvgIpc) is 2.33. The Morgan fingerprint density at radius 3 is 2.50 bits per heavy atom. The van der Waals surface area contributed by atoms with E-state index in [2.05, 4.69) is 0 Å². The van der Waals surface area contributed by atoms with E-state index < -0.39 is 5.78 Å². The molecule has 0 fully saturated rings. The van der Waals surface area contributed by atoms with Gasteiger partial charge in [0, 0.05) is 13.2 Å². The lowest BCUT2D eigenvalue weighted by molar-refractivity contribution is 0.0841. The van der Waals surface area contributed by atoms with Gasteiger partial charge >= 0.3 is 0 Å². The van der Waals surface area contributed by atoms with Crippen molar-refractivity contribution >= 4 is 5.78 Å². The van der Waals surface area contributed by atoms with Crippen molar-refractivity contribution in [3.63, 3.8) is 0 Å². The maximum atomic E-state index is 11.7. The lowest BCUT2D eigenvalue weighted by Crippen LogP contribution is -2.09. The standard InChI is InChI=1S/C12H16O6/c1-4-18-9-5-7(13)10(8(14)6-16-2)12(17-3)11(9)15/h5,13,15H,4,6H2,1-3H3. The minimum Gasteiger partial charge on any atom is -0.507 e. The lowest BCUT2D eigenvalue weighted by Gasteiger charge is -2.14. The Bertz CT molecular complexity index is 441. The van der Waals surface area contributed by atoms with Gasteiger partial charge in [-0.25, -0.2) is 0 Å². The lowest BCUT2D eigenvalue weighted by atomic mass is 10.1. The second kappa shape index (κ2) is 6.11. The number of methoxy groups -OCH3 is 2. The minimum absolute atomic E-state index is 0.0563. The van der Waals surface area contributed by atoms with Gasteiger partial charge in [-0.2, -0.15) is 0 Å². The predicted molar refractivity (Wildman–Crippen MR) is 63.7 cm³/mol. The van der Waals surface area contributed by atoms with Crippen LogP contribution in [0.4, 0.5) is 0 Å². The van der Waals surface area contributed by atoms with Crippen molar-refractivity contribution in [3.05, 3.63) is 11.6 Å². The smallest absolute Gasteiger partial charge is 0.201 e. The van der Waals surface area contributed by atoms with E-state index in [-0.39, 0.29) is 35.2 Å². The Morgan fingerprint density at radius 1 is 1.33 bits per heavy atom. The molecule has 0 aliphatic heterocycles. The largest absolute Gasteiger partial charge is 0.507 e. The van der Waals surface area contributed by atoms with Crippen LogP contribution in [0.2, 0.25) is 0 Å². The Labute approximate surface area is 105 Å². The maximum Gasteiger partial charge on any atom is 0.201 e. The molecular weight excluding hydrogens is 240 g/mol. The van der Waals surface area contributed by atoms with E-state index in [1.807, 2.05) is 0 Å². The molecule has 0 saturated heterocycles. The summed E-state index contributed by atoms with van der Waals surface area (Å²) in [6.07, 6.45) is 0. The number of carbonyl (C=O) groups excluding carboxylic acids is 1. The molecule has 0 atom stereocenters. The normalized spacial score (nSPS) is 10.2. The molecular formula is C12H16O6. The van der Waals surface area contributed by atoms with Crippen molar-refractivity contribution in [2.45, 2.75) is 6.92 Å². The number of phenols is 2. The van der Waals surface area contributed by atoms with Crippen molar-refractivity contribution in [1.82, 2.24) is 0 Å². The number of hydrogen-bond acceptors (Lipinski definition) is 6. The fraction of sp³-hybridized carbons (Fsp3) is 0.417. The molecule has 0 saturated carbocycles. The van der Waals surface area contributed by atoms with E-state index in [4.69, 9.17) is 14.2 Å². The van der Waals surface area contributed by atoms with Crippen LogP contribution >= 0.6 is 0 Å². The molecule has 0 amide bonds. The summed E-state index contributed by atoms with van der Waals surface area (Å²) in [5.41, 5.74) is -0.125. The van der Waals surface area contributed by atoms with Crippen LogP contribution in [-0.2, 0) is 4.74 Å². The highest BCUT2D eigenvalue weighted by Gasteiger charge is 2.24. The Morgan fingerprint density at radius 2 is 2.00 bits per heavy atom. The van der Waals surface area contributed by atoms with Gasteiger partial charge in [0.15, 0.2) is 17.3 Å². The number of Topliss-reactive ketones (excluding diaryl/α,β-unsaturated/α-hetero) is 1. The number of rotatable bonds is 6. The van der Waals surface area contributed by atoms with Crippen molar-refractivity contribution in [2.24, 2.45) is 0 Å². The first-order valence-corrected chi connectivity index (χ1v) is 5.34. The number of hydrogen-bond donors (Lipinski definition) is 2. The van der Waals surface area contributed by atoms with Crippen LogP contribution in [0, 0.1) is 0 Å². The first-order valence-electron chi connectivity index (χ1n) is 5.34. The van der Waals surface area contributed by atoms with Crippen LogP contribution in [-0.4, -0.2) is 43.4 Å². The number of ether oxygens (including phenoxy) is 3. The molecule has 6 heteroatoms. The second-order valence-corrected chi connectivity index (χ2v) is 3.44. The monoisotopic (exact) mass is 256 g/mol. The first kappa shape index (κ1) is 14.1. The molecule has 0 unspecified atom stereocenters. The van der Waals surface area contributed by atoms with Gasteiger partial charge in [-0.15, -0.1) is 0 Å². The number of benzene rings is 1. The molecule has 1 rings (SSSR count). The van der Waals surface area contributed by atoms with Gasteiger partial charge in [0.25, 0.3) is 0 Å². The Kier molecular flexibility index (Phi) is 4.79. The molecule has 1 aromatic carbocycles. The zero-order valence-electron chi connectivity index (χ0n) is 10.5. The topological polar surface area (TPSA) is 85.2 Å². The third kappa shape index (κ3) is 2.65. The van der Waals surface area contributed by atoms with Crippen LogP contribution in [0.5, 0.6) is 23.0 Å². The number of carbonyl (C=O) groups is 1. The molecule has 0 heterocycles. The highest BCUT2D eigenvalue weighted by molar-refractivity contribution is 6.03. The van der Waals surface area contributed by atoms with Gasteiger partial charge < -0.3 is 24.4 Å². The van der Waals surface area contributed by atoms with Crippen molar-refractivity contribution in [3.8, 4) is 23.0 Å². The number of ketones is 1. The Balaban J connectivity index is 3.34. The van der Waals surface area contributed by atoms with E-state index >= 15 is 0 Å². The van der Waals surface area contributed by atoms with Gasteiger partial charge in [0.2, 0.25) is 5.75 Å². The summed E-state index contributed by atoms with van der Waals surface area (Å²) in [6.45, 7) is 1.81. The average molecular weight is 256 g/mol. The molecule has 0 radical (unpaired) electrons. The number of phenolic OH excluding ortho intramolecular Hbond substituents is 2. The summed E-state index contributed by atoms with van der Waals surface area (Å²) < 4.78 is 14.8.